The molecule has 1 amide bonds. The summed E-state index contributed by atoms with van der Waals surface area (Å²) in [5.74, 6) is 0.242. The summed E-state index contributed by atoms with van der Waals surface area (Å²) >= 11 is 2.83. The second-order valence-electron chi connectivity index (χ2n) is 9.97. The molecule has 11 heteroatoms. The standard InChI is InChI=1S/C30H33N7O2S2/c1-3-4-5-6-7-11-16-36-24(31)22(18-23-26(36)32-25-20(2)13-12-17-37(25)28(23)39)27(38)33-29-34-35-30(41-29)40-19-21-14-9-8-10-15-21/h8-10,12-15,17-18,31H,3-7,11,16,19H2,1-2H3,(H,33,34,38). The molecule has 4 heterocycles. The van der Waals surface area contributed by atoms with Gasteiger partial charge in [-0.05, 0) is 36.6 Å². The molecule has 0 aliphatic rings. The minimum atomic E-state index is -0.502. The lowest BCUT2D eigenvalue weighted by Crippen LogP contribution is -2.32. The monoisotopic (exact) mass is 587 g/mol. The number of unbranched alkanes of at least 4 members (excludes halogenated alkanes) is 5. The summed E-state index contributed by atoms with van der Waals surface area (Å²) in [5, 5.41) is 20.8. The van der Waals surface area contributed by atoms with Crippen LogP contribution in [0.4, 0.5) is 5.13 Å². The van der Waals surface area contributed by atoms with E-state index in [1.807, 2.05) is 31.2 Å². The lowest BCUT2D eigenvalue weighted by molar-refractivity contribution is 0.102. The van der Waals surface area contributed by atoms with Crippen molar-refractivity contribution >= 4 is 50.8 Å². The van der Waals surface area contributed by atoms with E-state index in [9.17, 15) is 9.59 Å². The van der Waals surface area contributed by atoms with Crippen molar-refractivity contribution in [2.24, 2.45) is 0 Å². The highest BCUT2D eigenvalue weighted by molar-refractivity contribution is 8.00. The molecule has 4 aromatic heterocycles. The third-order valence-corrected chi connectivity index (χ3v) is 8.99. The van der Waals surface area contributed by atoms with Gasteiger partial charge in [-0.25, -0.2) is 4.98 Å². The number of nitrogens with zero attached hydrogens (tertiary/aromatic N) is 5. The lowest BCUT2D eigenvalue weighted by atomic mass is 10.1. The number of nitrogens with one attached hydrogen (secondary N) is 2. The summed E-state index contributed by atoms with van der Waals surface area (Å²) < 4.78 is 3.94. The maximum atomic E-state index is 13.6. The number of anilines is 1. The molecule has 5 aromatic rings. The van der Waals surface area contributed by atoms with E-state index in [4.69, 9.17) is 10.4 Å². The van der Waals surface area contributed by atoms with Gasteiger partial charge in [0.05, 0.1) is 10.9 Å². The Bertz CT molecular complexity index is 1790. The van der Waals surface area contributed by atoms with Crippen LogP contribution in [0.1, 0.15) is 66.9 Å². The fourth-order valence-electron chi connectivity index (χ4n) is 4.74. The number of aromatic nitrogens is 5. The first kappa shape index (κ1) is 28.7. The highest BCUT2D eigenvalue weighted by Gasteiger charge is 2.19. The number of pyridine rings is 2. The van der Waals surface area contributed by atoms with Crippen LogP contribution in [0.3, 0.4) is 0 Å². The van der Waals surface area contributed by atoms with Crippen molar-refractivity contribution in [1.29, 1.82) is 5.41 Å². The molecule has 0 aliphatic carbocycles. The van der Waals surface area contributed by atoms with Crippen molar-refractivity contribution in [3.63, 3.8) is 0 Å². The number of carbonyl (C=O) groups is 1. The molecule has 5 rings (SSSR count). The average Bonchev–Trinajstić information content (AvgIpc) is 3.43. The summed E-state index contributed by atoms with van der Waals surface area (Å²) in [6.45, 7) is 4.59. The molecule has 0 aliphatic heterocycles. The normalized spacial score (nSPS) is 11.4. The Kier molecular flexibility index (Phi) is 9.25. The minimum Gasteiger partial charge on any atom is -0.310 e. The predicted octanol–water partition coefficient (Wildman–Crippen LogP) is 6.19. The molecule has 212 valence electrons. The molecular formula is C30H33N7O2S2. The van der Waals surface area contributed by atoms with Gasteiger partial charge in [-0.3, -0.25) is 24.7 Å². The maximum absolute atomic E-state index is 13.6. The van der Waals surface area contributed by atoms with Gasteiger partial charge in [0.2, 0.25) is 5.13 Å². The van der Waals surface area contributed by atoms with E-state index in [2.05, 4.69) is 34.6 Å². The Balaban J connectivity index is 1.44. The summed E-state index contributed by atoms with van der Waals surface area (Å²) in [5.41, 5.74) is 2.87. The summed E-state index contributed by atoms with van der Waals surface area (Å²) in [6, 6.07) is 15.3. The van der Waals surface area contributed by atoms with Crippen LogP contribution in [0.25, 0.3) is 16.7 Å². The van der Waals surface area contributed by atoms with Gasteiger partial charge >= 0.3 is 0 Å². The molecule has 0 spiro atoms. The van der Waals surface area contributed by atoms with Gasteiger partial charge in [0.1, 0.15) is 16.8 Å². The SMILES string of the molecule is CCCCCCCCn1c(=N)c(C(=O)Nc2nnc(SCc3ccccc3)s2)cc2c(=O)n3cccc(C)c3nc21. The number of hydrogen-bond donors (Lipinski definition) is 2. The zero-order chi connectivity index (χ0) is 28.8. The van der Waals surface area contributed by atoms with Crippen molar-refractivity contribution in [3.05, 3.63) is 87.3 Å². The van der Waals surface area contributed by atoms with E-state index in [1.165, 1.54) is 46.6 Å². The molecule has 0 saturated carbocycles. The number of rotatable bonds is 12. The molecule has 0 unspecified atom stereocenters. The van der Waals surface area contributed by atoms with E-state index in [1.54, 1.807) is 28.6 Å². The van der Waals surface area contributed by atoms with Gasteiger partial charge in [-0.15, -0.1) is 10.2 Å². The number of carbonyl (C=O) groups excluding carboxylic acids is 1. The van der Waals surface area contributed by atoms with E-state index >= 15 is 0 Å². The third-order valence-electron chi connectivity index (χ3n) is 6.95. The number of amides is 1. The first-order valence-electron chi connectivity index (χ1n) is 13.9. The Morgan fingerprint density at radius 2 is 1.80 bits per heavy atom. The molecule has 41 heavy (non-hydrogen) atoms. The number of benzene rings is 1. The molecule has 9 nitrogen and oxygen atoms in total. The van der Waals surface area contributed by atoms with Gasteiger partial charge in [0.25, 0.3) is 11.5 Å². The predicted molar refractivity (Wildman–Crippen MR) is 165 cm³/mol. The van der Waals surface area contributed by atoms with Gasteiger partial charge in [-0.1, -0.05) is 98.5 Å². The Morgan fingerprint density at radius 1 is 1.02 bits per heavy atom. The summed E-state index contributed by atoms with van der Waals surface area (Å²) in [4.78, 5) is 31.8. The molecule has 1 aromatic carbocycles. The van der Waals surface area contributed by atoms with Crippen LogP contribution < -0.4 is 16.4 Å². The third kappa shape index (κ3) is 6.57. The van der Waals surface area contributed by atoms with Crippen LogP contribution in [0.5, 0.6) is 0 Å². The van der Waals surface area contributed by atoms with Gasteiger partial charge in [-0.2, -0.15) is 0 Å². The van der Waals surface area contributed by atoms with Crippen LogP contribution in [-0.4, -0.2) is 30.1 Å². The van der Waals surface area contributed by atoms with Crippen LogP contribution in [0, 0.1) is 12.3 Å². The number of thioether (sulfide) groups is 1. The quantitative estimate of drug-likeness (QED) is 0.0777. The molecule has 0 saturated heterocycles. The Labute approximate surface area is 246 Å². The fraction of sp³-hybridized carbons (Fsp3) is 0.333. The number of fused-ring (bicyclic) bond motifs is 2. The van der Waals surface area contributed by atoms with Gasteiger partial charge < -0.3 is 4.57 Å². The second kappa shape index (κ2) is 13.2. The van der Waals surface area contributed by atoms with Gasteiger partial charge in [0.15, 0.2) is 4.34 Å². The molecule has 0 fully saturated rings. The topological polar surface area (TPSA) is 118 Å². The van der Waals surface area contributed by atoms with Crippen molar-refractivity contribution in [3.8, 4) is 0 Å². The fourth-order valence-corrected chi connectivity index (χ4v) is 6.44. The first-order chi connectivity index (χ1) is 20.0. The Morgan fingerprint density at radius 3 is 2.61 bits per heavy atom. The van der Waals surface area contributed by atoms with Crippen LogP contribution in [-0.2, 0) is 12.3 Å². The van der Waals surface area contributed by atoms with Crippen LogP contribution in [0.15, 0.2) is 63.9 Å². The smallest absolute Gasteiger partial charge is 0.267 e. The van der Waals surface area contributed by atoms with E-state index in [0.717, 1.165) is 34.9 Å². The molecule has 0 radical (unpaired) electrons. The van der Waals surface area contributed by atoms with Gasteiger partial charge in [0, 0.05) is 18.5 Å². The van der Waals surface area contributed by atoms with Crippen molar-refractivity contribution < 1.29 is 4.79 Å². The highest BCUT2D eigenvalue weighted by atomic mass is 32.2. The summed E-state index contributed by atoms with van der Waals surface area (Å²) in [7, 11) is 0. The molecule has 0 atom stereocenters. The van der Waals surface area contributed by atoms with Crippen LogP contribution in [0.2, 0.25) is 0 Å². The van der Waals surface area contributed by atoms with Crippen molar-refractivity contribution in [1.82, 2.24) is 24.1 Å². The first-order valence-corrected chi connectivity index (χ1v) is 15.7. The second-order valence-corrected chi connectivity index (χ2v) is 12.2. The summed E-state index contributed by atoms with van der Waals surface area (Å²) in [6.07, 6.45) is 8.18. The van der Waals surface area contributed by atoms with Crippen molar-refractivity contribution in [2.45, 2.75) is 69.0 Å². The Hall–Kier alpha value is -3.83. The largest absolute Gasteiger partial charge is 0.310 e. The highest BCUT2D eigenvalue weighted by Crippen LogP contribution is 2.28. The number of hydrogen-bond acceptors (Lipinski definition) is 8. The van der Waals surface area contributed by atoms with E-state index in [0.29, 0.717) is 28.4 Å². The number of aryl methyl sites for hydroxylation is 2. The average molecular weight is 588 g/mol. The zero-order valence-electron chi connectivity index (χ0n) is 23.2. The molecule has 2 N–H and O–H groups in total. The zero-order valence-corrected chi connectivity index (χ0v) is 24.9. The van der Waals surface area contributed by atoms with Crippen molar-refractivity contribution in [2.75, 3.05) is 5.32 Å². The molecular weight excluding hydrogens is 555 g/mol. The van der Waals surface area contributed by atoms with E-state index in [-0.39, 0.29) is 16.6 Å². The van der Waals surface area contributed by atoms with Crippen LogP contribution >= 0.6 is 23.1 Å². The van der Waals surface area contributed by atoms with E-state index < -0.39 is 5.91 Å². The molecule has 0 bridgehead atoms. The lowest BCUT2D eigenvalue weighted by Gasteiger charge is -2.15. The maximum Gasteiger partial charge on any atom is 0.267 e. The minimum absolute atomic E-state index is 0.0246.